The molecule has 0 radical (unpaired) electrons. The predicted molar refractivity (Wildman–Crippen MR) is 120 cm³/mol. The molecule has 0 saturated heterocycles. The molecular weight excluding hydrogens is 399 g/mol. The first-order valence-electron chi connectivity index (χ1n) is 10.0. The van der Waals surface area contributed by atoms with E-state index in [2.05, 4.69) is 42.5 Å². The van der Waals surface area contributed by atoms with Gasteiger partial charge in [0.05, 0.1) is 0 Å². The molecule has 0 aliphatic heterocycles. The van der Waals surface area contributed by atoms with Crippen LogP contribution in [0.2, 0.25) is 10.0 Å². The Morgan fingerprint density at radius 3 is 2.38 bits per heavy atom. The van der Waals surface area contributed by atoms with Crippen molar-refractivity contribution >= 4 is 34.6 Å². The van der Waals surface area contributed by atoms with E-state index < -0.39 is 0 Å². The Kier molecular flexibility index (Phi) is 4.81. The number of hydrogen-bond acceptors (Lipinski definition) is 1. The molecule has 0 spiro atoms. The summed E-state index contributed by atoms with van der Waals surface area (Å²) in [5.74, 6) is 0.592. The molecule has 0 aromatic heterocycles. The lowest BCUT2D eigenvalue weighted by molar-refractivity contribution is -0.117. The number of rotatable bonds is 2. The molecule has 29 heavy (non-hydrogen) atoms. The highest BCUT2D eigenvalue weighted by Gasteiger charge is 2.41. The summed E-state index contributed by atoms with van der Waals surface area (Å²) in [6.07, 6.45) is 2.54. The number of ketones is 1. The SMILES string of the molecule is O=C1CCC[C@@H]2C1=C(c1ccc(Cl)cc1Cl)c1ccccc1[C@@H]2c1ccccc1. The number of hydrogen-bond donors (Lipinski definition) is 0. The smallest absolute Gasteiger partial charge is 0.159 e. The van der Waals surface area contributed by atoms with Crippen molar-refractivity contribution in [2.24, 2.45) is 5.92 Å². The summed E-state index contributed by atoms with van der Waals surface area (Å²) in [4.78, 5) is 13.3. The fourth-order valence-corrected chi connectivity index (χ4v) is 5.54. The molecule has 1 nitrogen and oxygen atoms in total. The van der Waals surface area contributed by atoms with Crippen LogP contribution in [0.5, 0.6) is 0 Å². The summed E-state index contributed by atoms with van der Waals surface area (Å²) in [6, 6.07) is 24.6. The zero-order valence-corrected chi connectivity index (χ0v) is 17.4. The van der Waals surface area contributed by atoms with Gasteiger partial charge in [0, 0.05) is 33.5 Å². The van der Waals surface area contributed by atoms with E-state index in [4.69, 9.17) is 23.2 Å². The van der Waals surface area contributed by atoms with Crippen LogP contribution in [0.1, 0.15) is 47.4 Å². The first-order valence-corrected chi connectivity index (χ1v) is 10.8. The Bertz CT molecular complexity index is 1130. The Morgan fingerprint density at radius 1 is 0.828 bits per heavy atom. The quantitative estimate of drug-likeness (QED) is 0.426. The number of carbonyl (C=O) groups excluding carboxylic acids is 1. The van der Waals surface area contributed by atoms with E-state index in [-0.39, 0.29) is 17.6 Å². The summed E-state index contributed by atoms with van der Waals surface area (Å²) in [6.45, 7) is 0. The van der Waals surface area contributed by atoms with Crippen LogP contribution in [-0.4, -0.2) is 5.78 Å². The Labute approximate surface area is 181 Å². The maximum atomic E-state index is 13.3. The number of carbonyl (C=O) groups is 1. The fraction of sp³-hybridized carbons (Fsp3) is 0.192. The maximum absolute atomic E-state index is 13.3. The van der Waals surface area contributed by atoms with Gasteiger partial charge in [0.25, 0.3) is 0 Å². The van der Waals surface area contributed by atoms with E-state index >= 15 is 0 Å². The van der Waals surface area contributed by atoms with Crippen LogP contribution in [0, 0.1) is 5.92 Å². The molecule has 0 heterocycles. The van der Waals surface area contributed by atoms with Crippen molar-refractivity contribution in [3.05, 3.63) is 111 Å². The molecule has 1 fully saturated rings. The first kappa shape index (κ1) is 18.7. The molecule has 2 aliphatic carbocycles. The maximum Gasteiger partial charge on any atom is 0.159 e. The molecule has 5 rings (SSSR count). The molecule has 2 atom stereocenters. The van der Waals surface area contributed by atoms with E-state index in [0.717, 1.165) is 35.1 Å². The van der Waals surface area contributed by atoms with Gasteiger partial charge >= 0.3 is 0 Å². The van der Waals surface area contributed by atoms with Crippen molar-refractivity contribution in [1.29, 1.82) is 0 Å². The highest BCUT2D eigenvalue weighted by Crippen LogP contribution is 2.52. The lowest BCUT2D eigenvalue weighted by Gasteiger charge is -2.40. The molecule has 0 N–H and O–H groups in total. The zero-order chi connectivity index (χ0) is 20.0. The summed E-state index contributed by atoms with van der Waals surface area (Å²) in [5, 5.41) is 1.19. The summed E-state index contributed by atoms with van der Waals surface area (Å²) in [7, 11) is 0. The summed E-state index contributed by atoms with van der Waals surface area (Å²) < 4.78 is 0. The lowest BCUT2D eigenvalue weighted by Crippen LogP contribution is -2.30. The van der Waals surface area contributed by atoms with E-state index in [1.54, 1.807) is 6.07 Å². The molecule has 1 saturated carbocycles. The molecule has 2 aliphatic rings. The van der Waals surface area contributed by atoms with Gasteiger partial charge in [0.15, 0.2) is 5.78 Å². The zero-order valence-electron chi connectivity index (χ0n) is 15.9. The standard InChI is InChI=1S/C26H20Cl2O/c27-17-13-14-20(22(28)15-17)25-19-10-5-4-9-18(19)24(16-7-2-1-3-8-16)21-11-6-12-23(29)26(21)25/h1-5,7-10,13-15,21,24H,6,11-12H2/t21-,24-/m0/s1. The highest BCUT2D eigenvalue weighted by molar-refractivity contribution is 6.36. The van der Waals surface area contributed by atoms with Crippen LogP contribution >= 0.6 is 23.2 Å². The van der Waals surface area contributed by atoms with Crippen molar-refractivity contribution in [3.63, 3.8) is 0 Å². The van der Waals surface area contributed by atoms with Crippen LogP contribution in [0.25, 0.3) is 5.57 Å². The van der Waals surface area contributed by atoms with Gasteiger partial charge in [-0.2, -0.15) is 0 Å². The van der Waals surface area contributed by atoms with Crippen molar-refractivity contribution in [2.45, 2.75) is 25.2 Å². The second-order valence-electron chi connectivity index (χ2n) is 7.81. The third-order valence-electron chi connectivity index (χ3n) is 6.19. The number of benzene rings is 3. The Morgan fingerprint density at radius 2 is 1.59 bits per heavy atom. The third-order valence-corrected chi connectivity index (χ3v) is 6.73. The topological polar surface area (TPSA) is 17.1 Å². The van der Waals surface area contributed by atoms with Gasteiger partial charge in [-0.1, -0.05) is 83.9 Å². The van der Waals surface area contributed by atoms with E-state index in [0.29, 0.717) is 16.5 Å². The van der Waals surface area contributed by atoms with Crippen LogP contribution < -0.4 is 0 Å². The first-order chi connectivity index (χ1) is 14.1. The molecular formula is C26H20Cl2O. The summed E-state index contributed by atoms with van der Waals surface area (Å²) >= 11 is 12.8. The third kappa shape index (κ3) is 3.13. The average Bonchev–Trinajstić information content (AvgIpc) is 2.73. The normalized spacial score (nSPS) is 21.0. The Balaban J connectivity index is 1.83. The van der Waals surface area contributed by atoms with Gasteiger partial charge < -0.3 is 0 Å². The summed E-state index contributed by atoms with van der Waals surface area (Å²) in [5.41, 5.74) is 6.45. The van der Waals surface area contributed by atoms with Crippen molar-refractivity contribution in [2.75, 3.05) is 0 Å². The Hall–Kier alpha value is -2.35. The minimum Gasteiger partial charge on any atom is -0.295 e. The largest absolute Gasteiger partial charge is 0.295 e. The van der Waals surface area contributed by atoms with Gasteiger partial charge in [-0.15, -0.1) is 0 Å². The molecule has 144 valence electrons. The van der Waals surface area contributed by atoms with Crippen LogP contribution in [0.3, 0.4) is 0 Å². The molecule has 3 heteroatoms. The average molecular weight is 419 g/mol. The van der Waals surface area contributed by atoms with E-state index in [1.807, 2.05) is 24.3 Å². The fourth-order valence-electron chi connectivity index (χ4n) is 5.04. The van der Waals surface area contributed by atoms with Crippen LogP contribution in [-0.2, 0) is 4.79 Å². The van der Waals surface area contributed by atoms with E-state index in [9.17, 15) is 4.79 Å². The minimum atomic E-state index is 0.162. The number of allylic oxidation sites excluding steroid dienone is 1. The van der Waals surface area contributed by atoms with Gasteiger partial charge in [-0.3, -0.25) is 4.79 Å². The lowest BCUT2D eigenvalue weighted by atomic mass is 9.63. The van der Waals surface area contributed by atoms with Gasteiger partial charge in [0.2, 0.25) is 0 Å². The second kappa shape index (κ2) is 7.48. The minimum absolute atomic E-state index is 0.162. The molecule has 0 unspecified atom stereocenters. The van der Waals surface area contributed by atoms with Crippen LogP contribution in [0.4, 0.5) is 0 Å². The molecule has 0 amide bonds. The predicted octanol–water partition coefficient (Wildman–Crippen LogP) is 7.31. The number of halogens is 2. The van der Waals surface area contributed by atoms with Gasteiger partial charge in [-0.25, -0.2) is 0 Å². The van der Waals surface area contributed by atoms with Crippen molar-refractivity contribution in [3.8, 4) is 0 Å². The monoisotopic (exact) mass is 418 g/mol. The molecule has 0 bridgehead atoms. The van der Waals surface area contributed by atoms with Crippen molar-refractivity contribution in [1.82, 2.24) is 0 Å². The van der Waals surface area contributed by atoms with E-state index in [1.165, 1.54) is 11.1 Å². The number of fused-ring (bicyclic) bond motifs is 2. The van der Waals surface area contributed by atoms with Gasteiger partial charge in [-0.05, 0) is 53.2 Å². The van der Waals surface area contributed by atoms with Crippen molar-refractivity contribution < 1.29 is 4.79 Å². The van der Waals surface area contributed by atoms with Gasteiger partial charge in [0.1, 0.15) is 0 Å². The molecule has 3 aromatic rings. The van der Waals surface area contributed by atoms with Crippen LogP contribution in [0.15, 0.2) is 78.4 Å². The second-order valence-corrected chi connectivity index (χ2v) is 8.65. The highest BCUT2D eigenvalue weighted by atomic mass is 35.5. The molecule has 3 aromatic carbocycles. The number of Topliss-reactive ketones (excluding diaryl/α,β-unsaturated/α-hetero) is 1.